The van der Waals surface area contributed by atoms with E-state index in [-0.39, 0.29) is 21.9 Å². The predicted molar refractivity (Wildman–Crippen MR) is 92.0 cm³/mol. The summed E-state index contributed by atoms with van der Waals surface area (Å²) in [6.07, 6.45) is -4.51. The highest BCUT2D eigenvalue weighted by molar-refractivity contribution is 7.90. The van der Waals surface area contributed by atoms with Crippen LogP contribution < -0.4 is 4.90 Å². The van der Waals surface area contributed by atoms with Gasteiger partial charge in [0.1, 0.15) is 11.3 Å². The van der Waals surface area contributed by atoms with Gasteiger partial charge in [-0.3, -0.25) is 4.98 Å². The van der Waals surface area contributed by atoms with Gasteiger partial charge in [-0.25, -0.2) is 0 Å². The van der Waals surface area contributed by atoms with Gasteiger partial charge in [-0.2, -0.15) is 18.2 Å². The van der Waals surface area contributed by atoms with E-state index in [1.165, 1.54) is 12.1 Å². The first-order valence-electron chi connectivity index (χ1n) is 7.47. The number of halogens is 3. The van der Waals surface area contributed by atoms with Gasteiger partial charge in [0.15, 0.2) is 0 Å². The molecule has 0 amide bonds. The van der Waals surface area contributed by atoms with Crippen LogP contribution in [0, 0.1) is 0 Å². The van der Waals surface area contributed by atoms with E-state index in [0.717, 1.165) is 17.3 Å². The van der Waals surface area contributed by atoms with Gasteiger partial charge >= 0.3 is 11.3 Å². The van der Waals surface area contributed by atoms with Crippen LogP contribution in [-0.2, 0) is 23.1 Å². The van der Waals surface area contributed by atoms with Crippen LogP contribution in [0.2, 0.25) is 0 Å². The maximum Gasteiger partial charge on any atom is 0.418 e. The fraction of sp³-hybridized carbons (Fsp3) is 0.235. The SMILES string of the molecule is CN(C)c1ccccc1C[S+]([O-])c1nc2c(C(F)(F)F)cccc2[nH]1. The highest BCUT2D eigenvalue weighted by Crippen LogP contribution is 2.34. The molecule has 0 radical (unpaired) electrons. The molecule has 0 bridgehead atoms. The largest absolute Gasteiger partial charge is 0.609 e. The second-order valence-electron chi connectivity index (χ2n) is 5.75. The van der Waals surface area contributed by atoms with Crippen molar-refractivity contribution >= 4 is 27.9 Å². The zero-order chi connectivity index (χ0) is 18.2. The number of imidazole rings is 1. The average molecular weight is 367 g/mol. The van der Waals surface area contributed by atoms with Gasteiger partial charge in [-0.05, 0) is 18.2 Å². The maximum atomic E-state index is 13.1. The fourth-order valence-corrected chi connectivity index (χ4v) is 3.71. The highest BCUT2D eigenvalue weighted by atomic mass is 32.2. The smallest absolute Gasteiger partial charge is 0.418 e. The lowest BCUT2D eigenvalue weighted by atomic mass is 10.2. The van der Waals surface area contributed by atoms with E-state index in [4.69, 9.17) is 0 Å². The number of aromatic amines is 1. The van der Waals surface area contributed by atoms with Crippen molar-refractivity contribution in [3.05, 3.63) is 53.6 Å². The van der Waals surface area contributed by atoms with Crippen molar-refractivity contribution in [2.75, 3.05) is 19.0 Å². The van der Waals surface area contributed by atoms with E-state index in [1.807, 2.05) is 43.3 Å². The number of nitrogens with one attached hydrogen (secondary N) is 1. The Hall–Kier alpha value is -2.19. The molecule has 1 N–H and O–H groups in total. The number of alkyl halides is 3. The lowest BCUT2D eigenvalue weighted by Crippen LogP contribution is -2.14. The number of rotatable bonds is 4. The summed E-state index contributed by atoms with van der Waals surface area (Å²) in [5, 5.41) is 0.0419. The van der Waals surface area contributed by atoms with Gasteiger partial charge in [0, 0.05) is 36.5 Å². The number of hydrogen-bond donors (Lipinski definition) is 1. The average Bonchev–Trinajstić information content (AvgIpc) is 2.98. The molecule has 0 saturated carbocycles. The van der Waals surface area contributed by atoms with Crippen molar-refractivity contribution in [3.8, 4) is 0 Å². The van der Waals surface area contributed by atoms with Crippen LogP contribution in [0.5, 0.6) is 0 Å². The summed E-state index contributed by atoms with van der Waals surface area (Å²) in [5.74, 6) is 0.162. The Bertz CT molecular complexity index is 892. The molecule has 3 rings (SSSR count). The standard InChI is InChI=1S/C17H16F3N3OS/c1-23(2)14-9-4-3-6-11(14)10-25(24)16-21-13-8-5-7-12(15(13)22-16)17(18,19)20/h3-9H,10H2,1-2H3,(H,21,22). The van der Waals surface area contributed by atoms with E-state index in [0.29, 0.717) is 0 Å². The molecular formula is C17H16F3N3OS. The Morgan fingerprint density at radius 3 is 2.52 bits per heavy atom. The lowest BCUT2D eigenvalue weighted by Gasteiger charge is -2.17. The fourth-order valence-electron chi connectivity index (χ4n) is 2.62. The van der Waals surface area contributed by atoms with Crippen molar-refractivity contribution in [1.82, 2.24) is 9.97 Å². The molecule has 0 aliphatic rings. The molecule has 2 aromatic carbocycles. The number of fused-ring (bicyclic) bond motifs is 1. The van der Waals surface area contributed by atoms with Gasteiger partial charge in [-0.15, -0.1) is 0 Å². The topological polar surface area (TPSA) is 55.0 Å². The molecule has 0 aliphatic carbocycles. The van der Waals surface area contributed by atoms with E-state index < -0.39 is 22.9 Å². The number of aromatic nitrogens is 2. The van der Waals surface area contributed by atoms with Crippen molar-refractivity contribution in [3.63, 3.8) is 0 Å². The molecule has 0 fully saturated rings. The van der Waals surface area contributed by atoms with E-state index in [2.05, 4.69) is 9.97 Å². The second-order valence-corrected chi connectivity index (χ2v) is 7.12. The van der Waals surface area contributed by atoms with Crippen LogP contribution >= 0.6 is 0 Å². The van der Waals surface area contributed by atoms with Gasteiger partial charge in [-0.1, -0.05) is 24.3 Å². The number of H-pyrrole nitrogens is 1. The summed E-state index contributed by atoms with van der Waals surface area (Å²) < 4.78 is 51.9. The van der Waals surface area contributed by atoms with Gasteiger partial charge in [0.2, 0.25) is 0 Å². The Morgan fingerprint density at radius 1 is 1.12 bits per heavy atom. The first kappa shape index (κ1) is 17.6. The maximum absolute atomic E-state index is 13.1. The molecule has 1 aromatic heterocycles. The monoisotopic (exact) mass is 367 g/mol. The van der Waals surface area contributed by atoms with Gasteiger partial charge in [0.05, 0.1) is 11.1 Å². The Labute approximate surface area is 145 Å². The van der Waals surface area contributed by atoms with Crippen LogP contribution in [0.25, 0.3) is 11.0 Å². The third-order valence-electron chi connectivity index (χ3n) is 3.77. The Kier molecular flexibility index (Phi) is 4.66. The summed E-state index contributed by atoms with van der Waals surface area (Å²) in [7, 11) is 3.75. The summed E-state index contributed by atoms with van der Waals surface area (Å²) in [6, 6.07) is 11.2. The van der Waals surface area contributed by atoms with E-state index >= 15 is 0 Å². The molecule has 1 atom stereocenters. The van der Waals surface area contributed by atoms with Crippen molar-refractivity contribution in [1.29, 1.82) is 0 Å². The molecule has 1 unspecified atom stereocenters. The highest BCUT2D eigenvalue weighted by Gasteiger charge is 2.34. The lowest BCUT2D eigenvalue weighted by molar-refractivity contribution is -0.136. The van der Waals surface area contributed by atoms with Crippen LogP contribution in [0.15, 0.2) is 47.6 Å². The van der Waals surface area contributed by atoms with E-state index in [1.54, 1.807) is 0 Å². The number of nitrogens with zero attached hydrogens (tertiary/aromatic N) is 2. The molecule has 0 saturated heterocycles. The molecule has 1 heterocycles. The number of para-hydroxylation sites is 2. The third-order valence-corrected chi connectivity index (χ3v) is 4.97. The van der Waals surface area contributed by atoms with Crippen molar-refractivity contribution < 1.29 is 17.7 Å². The Balaban J connectivity index is 1.95. The summed E-state index contributed by atoms with van der Waals surface area (Å²) >= 11 is -1.59. The van der Waals surface area contributed by atoms with Crippen LogP contribution in [0.3, 0.4) is 0 Å². The second kappa shape index (κ2) is 6.61. The predicted octanol–water partition coefficient (Wildman–Crippen LogP) is 3.96. The zero-order valence-electron chi connectivity index (χ0n) is 13.6. The molecule has 8 heteroatoms. The third kappa shape index (κ3) is 3.59. The first-order valence-corrected chi connectivity index (χ1v) is 8.79. The number of anilines is 1. The minimum atomic E-state index is -4.51. The van der Waals surface area contributed by atoms with E-state index in [9.17, 15) is 17.7 Å². The number of hydrogen-bond acceptors (Lipinski definition) is 3. The number of benzene rings is 2. The van der Waals surface area contributed by atoms with Gasteiger partial charge < -0.3 is 9.45 Å². The summed E-state index contributed by atoms with van der Waals surface area (Å²) in [5.41, 5.74) is 0.918. The Morgan fingerprint density at radius 2 is 1.84 bits per heavy atom. The minimum absolute atomic E-state index is 0.0419. The van der Waals surface area contributed by atoms with Gasteiger partial charge in [0.25, 0.3) is 0 Å². The zero-order valence-corrected chi connectivity index (χ0v) is 14.4. The normalized spacial score (nSPS) is 13.2. The molecule has 132 valence electrons. The molecule has 4 nitrogen and oxygen atoms in total. The molecular weight excluding hydrogens is 351 g/mol. The first-order chi connectivity index (χ1) is 11.8. The van der Waals surface area contributed by atoms with Crippen LogP contribution in [0.4, 0.5) is 18.9 Å². The molecule has 25 heavy (non-hydrogen) atoms. The minimum Gasteiger partial charge on any atom is -0.609 e. The summed E-state index contributed by atoms with van der Waals surface area (Å²) in [4.78, 5) is 8.61. The molecule has 0 aliphatic heterocycles. The molecule has 3 aromatic rings. The molecule has 0 spiro atoms. The summed E-state index contributed by atoms with van der Waals surface area (Å²) in [6.45, 7) is 0. The van der Waals surface area contributed by atoms with Crippen molar-refractivity contribution in [2.45, 2.75) is 17.1 Å². The van der Waals surface area contributed by atoms with Crippen molar-refractivity contribution in [2.24, 2.45) is 0 Å². The van der Waals surface area contributed by atoms with Crippen LogP contribution in [0.1, 0.15) is 11.1 Å². The quantitative estimate of drug-likeness (QED) is 0.711. The van der Waals surface area contributed by atoms with Crippen LogP contribution in [-0.4, -0.2) is 28.6 Å².